The zero-order valence-electron chi connectivity index (χ0n) is 7.39. The molecule has 0 aliphatic heterocycles. The Morgan fingerprint density at radius 2 is 2.36 bits per heavy atom. The highest BCUT2D eigenvalue weighted by molar-refractivity contribution is 7.71. The summed E-state index contributed by atoms with van der Waals surface area (Å²) >= 11 is 4.89. The molecule has 0 bridgehead atoms. The van der Waals surface area contributed by atoms with Crippen molar-refractivity contribution in [2.45, 2.75) is 6.54 Å². The van der Waals surface area contributed by atoms with Crippen LogP contribution in [0, 0.1) is 4.77 Å². The van der Waals surface area contributed by atoms with E-state index < -0.39 is 0 Å². The molecule has 0 saturated heterocycles. The Morgan fingerprint density at radius 1 is 1.57 bits per heavy atom. The Morgan fingerprint density at radius 3 is 2.86 bits per heavy atom. The van der Waals surface area contributed by atoms with Crippen LogP contribution in [0.25, 0.3) is 0 Å². The lowest BCUT2D eigenvalue weighted by Gasteiger charge is -1.93. The minimum Gasteiger partial charge on any atom is -0.272 e. The SMILES string of the molecule is Cn1cnc(Cn2c(=O)[nH][nH]c2=S)n1. The zero-order chi connectivity index (χ0) is 10.1. The molecule has 7 nitrogen and oxygen atoms in total. The normalized spacial score (nSPS) is 10.6. The van der Waals surface area contributed by atoms with Gasteiger partial charge < -0.3 is 0 Å². The predicted octanol–water partition coefficient (Wildman–Crippen LogP) is -0.589. The van der Waals surface area contributed by atoms with E-state index in [1.807, 2.05) is 0 Å². The Kier molecular flexibility index (Phi) is 2.04. The molecule has 0 saturated carbocycles. The molecule has 0 spiro atoms. The number of aryl methyl sites for hydroxylation is 1. The number of aromatic nitrogens is 6. The summed E-state index contributed by atoms with van der Waals surface area (Å²) in [7, 11) is 1.76. The van der Waals surface area contributed by atoms with Crippen LogP contribution < -0.4 is 5.69 Å². The molecule has 2 rings (SSSR count). The molecule has 0 aromatic carbocycles. The Balaban J connectivity index is 2.36. The van der Waals surface area contributed by atoms with Gasteiger partial charge in [-0.15, -0.1) is 0 Å². The van der Waals surface area contributed by atoms with Gasteiger partial charge in [-0.2, -0.15) is 5.10 Å². The van der Waals surface area contributed by atoms with Gasteiger partial charge in [0, 0.05) is 7.05 Å². The first kappa shape index (κ1) is 8.88. The summed E-state index contributed by atoms with van der Waals surface area (Å²) in [6.45, 7) is 0.276. The van der Waals surface area contributed by atoms with Crippen molar-refractivity contribution in [2.75, 3.05) is 0 Å². The highest BCUT2D eigenvalue weighted by Gasteiger charge is 2.04. The smallest absolute Gasteiger partial charge is 0.272 e. The minimum absolute atomic E-state index is 0.276. The van der Waals surface area contributed by atoms with E-state index in [0.717, 1.165) is 0 Å². The van der Waals surface area contributed by atoms with E-state index in [1.165, 1.54) is 4.57 Å². The van der Waals surface area contributed by atoms with Crippen LogP contribution in [0.15, 0.2) is 11.1 Å². The molecule has 74 valence electrons. The lowest BCUT2D eigenvalue weighted by atomic mass is 10.6. The maximum absolute atomic E-state index is 11.2. The first-order valence-corrected chi connectivity index (χ1v) is 4.29. The standard InChI is InChI=1S/C6H8N6OS/c1-11-3-7-4(10-11)2-12-5(13)8-9-6(12)14/h3H,2H2,1H3,(H,8,13)(H,9,14). The summed E-state index contributed by atoms with van der Waals surface area (Å²) in [5.41, 5.74) is -0.289. The Hall–Kier alpha value is -1.70. The van der Waals surface area contributed by atoms with Gasteiger partial charge in [0.15, 0.2) is 10.6 Å². The molecule has 2 aromatic heterocycles. The van der Waals surface area contributed by atoms with Gasteiger partial charge in [-0.25, -0.2) is 14.9 Å². The summed E-state index contributed by atoms with van der Waals surface area (Å²) < 4.78 is 3.26. The number of hydrogen-bond acceptors (Lipinski definition) is 4. The Labute approximate surface area is 83.4 Å². The third kappa shape index (κ3) is 1.51. The van der Waals surface area contributed by atoms with Gasteiger partial charge in [-0.3, -0.25) is 14.3 Å². The molecule has 8 heteroatoms. The molecular formula is C6H8N6OS. The van der Waals surface area contributed by atoms with Crippen LogP contribution in [-0.4, -0.2) is 29.5 Å². The van der Waals surface area contributed by atoms with E-state index in [-0.39, 0.29) is 12.2 Å². The molecule has 0 radical (unpaired) electrons. The van der Waals surface area contributed by atoms with Crippen molar-refractivity contribution in [1.82, 2.24) is 29.5 Å². The van der Waals surface area contributed by atoms with Gasteiger partial charge in [0.2, 0.25) is 0 Å². The molecule has 0 fully saturated rings. The van der Waals surface area contributed by atoms with Gasteiger partial charge in [-0.05, 0) is 12.2 Å². The van der Waals surface area contributed by atoms with Crippen molar-refractivity contribution in [3.05, 3.63) is 27.4 Å². The lowest BCUT2D eigenvalue weighted by Crippen LogP contribution is -2.18. The monoisotopic (exact) mass is 212 g/mol. The van der Waals surface area contributed by atoms with Crippen molar-refractivity contribution < 1.29 is 0 Å². The van der Waals surface area contributed by atoms with Gasteiger partial charge in [-0.1, -0.05) is 0 Å². The molecule has 0 amide bonds. The maximum atomic E-state index is 11.2. The maximum Gasteiger partial charge on any atom is 0.342 e. The number of nitrogens with one attached hydrogen (secondary N) is 2. The first-order valence-electron chi connectivity index (χ1n) is 3.89. The molecular weight excluding hydrogens is 204 g/mol. The van der Waals surface area contributed by atoms with Crippen molar-refractivity contribution in [3.8, 4) is 0 Å². The summed E-state index contributed by atoms with van der Waals surface area (Å²) in [6, 6.07) is 0. The highest BCUT2D eigenvalue weighted by Crippen LogP contribution is 1.91. The topological polar surface area (TPSA) is 84.3 Å². The van der Waals surface area contributed by atoms with Gasteiger partial charge in [0.1, 0.15) is 6.33 Å². The predicted molar refractivity (Wildman–Crippen MR) is 50.3 cm³/mol. The second kappa shape index (κ2) is 3.22. The van der Waals surface area contributed by atoms with E-state index in [2.05, 4.69) is 20.3 Å². The summed E-state index contributed by atoms with van der Waals surface area (Å²) in [5.74, 6) is 0.550. The van der Waals surface area contributed by atoms with Gasteiger partial charge >= 0.3 is 5.69 Å². The summed E-state index contributed by atoms with van der Waals surface area (Å²) in [5, 5.41) is 8.96. The minimum atomic E-state index is -0.289. The molecule has 0 atom stereocenters. The molecule has 2 N–H and O–H groups in total. The molecule has 0 unspecified atom stereocenters. The van der Waals surface area contributed by atoms with Crippen LogP contribution in [-0.2, 0) is 13.6 Å². The molecule has 14 heavy (non-hydrogen) atoms. The van der Waals surface area contributed by atoms with Crippen LogP contribution >= 0.6 is 12.2 Å². The van der Waals surface area contributed by atoms with Crippen molar-refractivity contribution in [2.24, 2.45) is 7.05 Å². The summed E-state index contributed by atoms with van der Waals surface area (Å²) in [6.07, 6.45) is 1.57. The van der Waals surface area contributed by atoms with Crippen molar-refractivity contribution >= 4 is 12.2 Å². The molecule has 0 aliphatic rings. The van der Waals surface area contributed by atoms with Crippen LogP contribution in [0.3, 0.4) is 0 Å². The number of aromatic amines is 2. The van der Waals surface area contributed by atoms with E-state index >= 15 is 0 Å². The fourth-order valence-electron chi connectivity index (χ4n) is 1.08. The number of rotatable bonds is 2. The van der Waals surface area contributed by atoms with E-state index in [4.69, 9.17) is 12.2 Å². The lowest BCUT2D eigenvalue weighted by molar-refractivity contribution is 0.682. The van der Waals surface area contributed by atoms with Crippen LogP contribution in [0.2, 0.25) is 0 Å². The average Bonchev–Trinajstić information content (AvgIpc) is 2.67. The highest BCUT2D eigenvalue weighted by atomic mass is 32.1. The second-order valence-corrected chi connectivity index (χ2v) is 3.17. The first-order chi connectivity index (χ1) is 6.66. The summed E-state index contributed by atoms with van der Waals surface area (Å²) in [4.78, 5) is 15.2. The molecule has 2 heterocycles. The average molecular weight is 212 g/mol. The van der Waals surface area contributed by atoms with Crippen molar-refractivity contribution in [3.63, 3.8) is 0 Å². The van der Waals surface area contributed by atoms with Crippen molar-refractivity contribution in [1.29, 1.82) is 0 Å². The number of nitrogens with zero attached hydrogens (tertiary/aromatic N) is 4. The number of H-pyrrole nitrogens is 2. The largest absolute Gasteiger partial charge is 0.342 e. The second-order valence-electron chi connectivity index (χ2n) is 2.78. The number of hydrogen-bond donors (Lipinski definition) is 2. The third-order valence-corrected chi connectivity index (χ3v) is 2.04. The van der Waals surface area contributed by atoms with Crippen LogP contribution in [0.1, 0.15) is 5.82 Å². The fourth-order valence-corrected chi connectivity index (χ4v) is 1.27. The fraction of sp³-hybridized carbons (Fsp3) is 0.333. The third-order valence-electron chi connectivity index (χ3n) is 1.71. The van der Waals surface area contributed by atoms with E-state index in [0.29, 0.717) is 10.6 Å². The zero-order valence-corrected chi connectivity index (χ0v) is 8.21. The molecule has 2 aromatic rings. The van der Waals surface area contributed by atoms with Crippen LogP contribution in [0.4, 0.5) is 0 Å². The van der Waals surface area contributed by atoms with E-state index in [9.17, 15) is 4.79 Å². The van der Waals surface area contributed by atoms with Gasteiger partial charge in [0.05, 0.1) is 6.54 Å². The quantitative estimate of drug-likeness (QED) is 0.652. The van der Waals surface area contributed by atoms with E-state index in [1.54, 1.807) is 18.1 Å². The molecule has 0 aliphatic carbocycles. The van der Waals surface area contributed by atoms with Gasteiger partial charge in [0.25, 0.3) is 0 Å². The van der Waals surface area contributed by atoms with Crippen LogP contribution in [0.5, 0.6) is 0 Å². The Bertz CT molecular complexity index is 517.